The minimum Gasteiger partial charge on any atom is -0.345 e. The Hall–Kier alpha value is -1.98. The van der Waals surface area contributed by atoms with Crippen LogP contribution in [-0.4, -0.2) is 28.9 Å². The summed E-state index contributed by atoms with van der Waals surface area (Å²) in [5, 5.41) is 12.4. The summed E-state index contributed by atoms with van der Waals surface area (Å²) in [5.74, 6) is -0.347. The lowest BCUT2D eigenvalue weighted by Crippen LogP contribution is -2.28. The zero-order chi connectivity index (χ0) is 10.4. The van der Waals surface area contributed by atoms with Crippen molar-refractivity contribution in [1.29, 1.82) is 0 Å². The van der Waals surface area contributed by atoms with Crippen LogP contribution in [0.3, 0.4) is 0 Å². The van der Waals surface area contributed by atoms with E-state index >= 15 is 0 Å². The third-order valence-corrected chi connectivity index (χ3v) is 1.50. The number of pyridine rings is 1. The number of nitrogens with one attached hydrogen (secondary N) is 1. The van der Waals surface area contributed by atoms with E-state index in [4.69, 9.17) is 0 Å². The number of carbonyl (C=O) groups excluding carboxylic acids is 1. The Morgan fingerprint density at radius 2 is 2.43 bits per heavy atom. The molecule has 1 aromatic heterocycles. The highest BCUT2D eigenvalue weighted by Crippen LogP contribution is 1.94. The van der Waals surface area contributed by atoms with Crippen LogP contribution in [-0.2, 0) is 0 Å². The normalized spacial score (nSPS) is 9.43. The molecule has 0 spiro atoms. The molecule has 6 nitrogen and oxygen atoms in total. The van der Waals surface area contributed by atoms with E-state index in [2.05, 4.69) is 10.3 Å². The van der Waals surface area contributed by atoms with Crippen LogP contribution in [0.15, 0.2) is 24.5 Å². The highest BCUT2D eigenvalue weighted by Gasteiger charge is 2.05. The molecule has 0 bridgehead atoms. The van der Waals surface area contributed by atoms with Crippen molar-refractivity contribution in [3.8, 4) is 0 Å². The van der Waals surface area contributed by atoms with Gasteiger partial charge in [0.1, 0.15) is 0 Å². The Balaban J connectivity index is 2.40. The average Bonchev–Trinajstić information content (AvgIpc) is 2.18. The van der Waals surface area contributed by atoms with Crippen LogP contribution in [0.1, 0.15) is 10.4 Å². The molecule has 0 aromatic carbocycles. The van der Waals surface area contributed by atoms with Crippen LogP contribution in [0.25, 0.3) is 0 Å². The fourth-order valence-electron chi connectivity index (χ4n) is 0.860. The first-order valence-corrected chi connectivity index (χ1v) is 4.00. The van der Waals surface area contributed by atoms with Gasteiger partial charge in [0.15, 0.2) is 0 Å². The predicted molar refractivity (Wildman–Crippen MR) is 48.4 cm³/mol. The Labute approximate surface area is 80.1 Å². The number of hydrogen-bond donors (Lipinski definition) is 1. The maximum absolute atomic E-state index is 11.3. The van der Waals surface area contributed by atoms with Crippen molar-refractivity contribution in [2.45, 2.75) is 0 Å². The maximum Gasteiger partial charge on any atom is 0.253 e. The summed E-state index contributed by atoms with van der Waals surface area (Å²) in [6, 6.07) is 3.22. The fraction of sp³-hybridized carbons (Fsp3) is 0.250. The predicted octanol–water partition coefficient (Wildman–Crippen LogP) is 0.0881. The standard InChI is InChI=1S/C8H9N3O3/c12-8(10-4-5-11(13)14)7-2-1-3-9-6-7/h1-3,6H,4-5H2,(H,10,12). The molecule has 14 heavy (non-hydrogen) atoms. The van der Waals surface area contributed by atoms with E-state index in [1.807, 2.05) is 0 Å². The third kappa shape index (κ3) is 3.18. The van der Waals surface area contributed by atoms with Gasteiger partial charge < -0.3 is 5.32 Å². The van der Waals surface area contributed by atoms with Crippen molar-refractivity contribution in [1.82, 2.24) is 10.3 Å². The molecule has 1 heterocycles. The molecular formula is C8H9N3O3. The smallest absolute Gasteiger partial charge is 0.253 e. The zero-order valence-electron chi connectivity index (χ0n) is 7.34. The van der Waals surface area contributed by atoms with Gasteiger partial charge in [-0.1, -0.05) is 0 Å². The largest absolute Gasteiger partial charge is 0.345 e. The Morgan fingerprint density at radius 1 is 1.64 bits per heavy atom. The van der Waals surface area contributed by atoms with Crippen molar-refractivity contribution in [2.24, 2.45) is 0 Å². The van der Waals surface area contributed by atoms with Crippen LogP contribution < -0.4 is 5.32 Å². The second-order valence-electron chi connectivity index (χ2n) is 2.55. The van der Waals surface area contributed by atoms with Crippen LogP contribution in [0.5, 0.6) is 0 Å². The van der Waals surface area contributed by atoms with E-state index in [1.165, 1.54) is 6.20 Å². The topological polar surface area (TPSA) is 85.1 Å². The number of amides is 1. The minimum atomic E-state index is -0.483. The van der Waals surface area contributed by atoms with Gasteiger partial charge >= 0.3 is 0 Å². The molecule has 74 valence electrons. The van der Waals surface area contributed by atoms with E-state index in [1.54, 1.807) is 18.3 Å². The van der Waals surface area contributed by atoms with E-state index in [0.717, 1.165) is 0 Å². The summed E-state index contributed by atoms with van der Waals surface area (Å²) in [6.07, 6.45) is 2.95. The lowest BCUT2D eigenvalue weighted by molar-refractivity contribution is -0.477. The molecule has 1 rings (SSSR count). The monoisotopic (exact) mass is 195 g/mol. The average molecular weight is 195 g/mol. The molecule has 1 aromatic rings. The molecule has 0 atom stereocenters. The molecule has 0 fully saturated rings. The Morgan fingerprint density at radius 3 is 3.00 bits per heavy atom. The summed E-state index contributed by atoms with van der Waals surface area (Å²) in [5.41, 5.74) is 0.399. The summed E-state index contributed by atoms with van der Waals surface area (Å²) < 4.78 is 0. The molecule has 0 unspecified atom stereocenters. The first-order chi connectivity index (χ1) is 6.70. The van der Waals surface area contributed by atoms with Crippen molar-refractivity contribution in [3.63, 3.8) is 0 Å². The highest BCUT2D eigenvalue weighted by molar-refractivity contribution is 5.93. The Kier molecular flexibility index (Phi) is 3.54. The number of hydrogen-bond acceptors (Lipinski definition) is 4. The zero-order valence-corrected chi connectivity index (χ0v) is 7.34. The van der Waals surface area contributed by atoms with E-state index < -0.39 is 4.92 Å². The molecular weight excluding hydrogens is 186 g/mol. The van der Waals surface area contributed by atoms with Crippen LogP contribution in [0, 0.1) is 10.1 Å². The summed E-state index contributed by atoms with van der Waals surface area (Å²) in [6.45, 7) is -0.243. The molecule has 0 aliphatic rings. The summed E-state index contributed by atoms with van der Waals surface area (Å²) in [7, 11) is 0. The maximum atomic E-state index is 11.3. The quantitative estimate of drug-likeness (QED) is 0.545. The molecule has 0 saturated heterocycles. The fourth-order valence-corrected chi connectivity index (χ4v) is 0.860. The van der Waals surface area contributed by atoms with Gasteiger partial charge in [0.2, 0.25) is 6.54 Å². The minimum absolute atomic E-state index is 0.0285. The van der Waals surface area contributed by atoms with Crippen molar-refractivity contribution in [2.75, 3.05) is 13.1 Å². The second kappa shape index (κ2) is 4.90. The molecule has 0 aliphatic carbocycles. The highest BCUT2D eigenvalue weighted by atomic mass is 16.6. The van der Waals surface area contributed by atoms with Gasteiger partial charge in [-0.05, 0) is 12.1 Å². The van der Waals surface area contributed by atoms with Crippen molar-refractivity contribution < 1.29 is 9.72 Å². The van der Waals surface area contributed by atoms with Gasteiger partial charge in [-0.3, -0.25) is 19.9 Å². The van der Waals surface area contributed by atoms with Gasteiger partial charge in [0.05, 0.1) is 12.1 Å². The SMILES string of the molecule is O=C(NCC[N+](=O)[O-])c1cccnc1. The van der Waals surface area contributed by atoms with Crippen LogP contribution in [0.4, 0.5) is 0 Å². The summed E-state index contributed by atoms with van der Waals surface area (Å²) >= 11 is 0. The number of nitrogens with zero attached hydrogens (tertiary/aromatic N) is 2. The van der Waals surface area contributed by atoms with Gasteiger partial charge in [-0.2, -0.15) is 0 Å². The first kappa shape index (κ1) is 10.1. The van der Waals surface area contributed by atoms with Crippen LogP contribution >= 0.6 is 0 Å². The molecule has 0 radical (unpaired) electrons. The Bertz CT molecular complexity index is 326. The van der Waals surface area contributed by atoms with E-state index in [-0.39, 0.29) is 19.0 Å². The van der Waals surface area contributed by atoms with Gasteiger partial charge in [-0.15, -0.1) is 0 Å². The van der Waals surface area contributed by atoms with E-state index in [9.17, 15) is 14.9 Å². The summed E-state index contributed by atoms with van der Waals surface area (Å²) in [4.78, 5) is 24.5. The van der Waals surface area contributed by atoms with Crippen LogP contribution in [0.2, 0.25) is 0 Å². The van der Waals surface area contributed by atoms with E-state index in [0.29, 0.717) is 5.56 Å². The second-order valence-corrected chi connectivity index (χ2v) is 2.55. The number of carbonyl (C=O) groups is 1. The third-order valence-electron chi connectivity index (χ3n) is 1.50. The van der Waals surface area contributed by atoms with Crippen molar-refractivity contribution in [3.05, 3.63) is 40.2 Å². The molecule has 1 amide bonds. The number of aromatic nitrogens is 1. The molecule has 6 heteroatoms. The number of nitro groups is 1. The lowest BCUT2D eigenvalue weighted by atomic mass is 10.3. The molecule has 0 saturated carbocycles. The molecule has 1 N–H and O–H groups in total. The van der Waals surface area contributed by atoms with Gasteiger partial charge in [0.25, 0.3) is 5.91 Å². The number of rotatable bonds is 4. The first-order valence-electron chi connectivity index (χ1n) is 4.00. The molecule has 0 aliphatic heterocycles. The van der Waals surface area contributed by atoms with Crippen molar-refractivity contribution >= 4 is 5.91 Å². The lowest BCUT2D eigenvalue weighted by Gasteiger charge is -2.00. The van der Waals surface area contributed by atoms with Gasteiger partial charge in [-0.25, -0.2) is 0 Å². The van der Waals surface area contributed by atoms with Gasteiger partial charge in [0, 0.05) is 17.3 Å².